The normalized spacial score (nSPS) is 15.0. The number of oxazole rings is 1. The van der Waals surface area contributed by atoms with Crippen molar-refractivity contribution in [3.63, 3.8) is 0 Å². The van der Waals surface area contributed by atoms with Gasteiger partial charge in [0.15, 0.2) is 5.69 Å². The van der Waals surface area contributed by atoms with Gasteiger partial charge in [0, 0.05) is 10.0 Å². The summed E-state index contributed by atoms with van der Waals surface area (Å²) < 4.78 is 6.73. The maximum Gasteiger partial charge on any atom is 0.274 e. The van der Waals surface area contributed by atoms with Crippen LogP contribution in [0.4, 0.5) is 0 Å². The minimum Gasteiger partial charge on any atom is -0.441 e. The maximum atomic E-state index is 12.8. The maximum absolute atomic E-state index is 12.8. The van der Waals surface area contributed by atoms with Crippen LogP contribution in [0.25, 0.3) is 11.5 Å². The quantitative estimate of drug-likeness (QED) is 0.686. The van der Waals surface area contributed by atoms with Crippen LogP contribution < -0.4 is 5.32 Å². The molecule has 0 saturated heterocycles. The average Bonchev–Trinajstić information content (AvgIpc) is 3.29. The van der Waals surface area contributed by atoms with Crippen LogP contribution >= 0.6 is 15.9 Å². The predicted octanol–water partition coefficient (Wildman–Crippen LogP) is 4.83. The number of benzene rings is 2. The molecule has 1 aliphatic rings. The fourth-order valence-electron chi connectivity index (χ4n) is 2.97. The van der Waals surface area contributed by atoms with Gasteiger partial charge in [0.25, 0.3) is 5.91 Å². The van der Waals surface area contributed by atoms with E-state index in [1.807, 2.05) is 54.6 Å². The van der Waals surface area contributed by atoms with Gasteiger partial charge in [-0.25, -0.2) is 4.98 Å². The van der Waals surface area contributed by atoms with Gasteiger partial charge in [-0.15, -0.1) is 0 Å². The van der Waals surface area contributed by atoms with Crippen LogP contribution in [-0.2, 0) is 5.54 Å². The molecule has 0 radical (unpaired) electrons. The number of amides is 1. The van der Waals surface area contributed by atoms with Gasteiger partial charge in [-0.3, -0.25) is 4.79 Å². The summed E-state index contributed by atoms with van der Waals surface area (Å²) in [6, 6.07) is 17.7. The van der Waals surface area contributed by atoms with Crippen LogP contribution in [0.5, 0.6) is 0 Å². The molecule has 1 amide bonds. The first-order valence-corrected chi connectivity index (χ1v) is 8.98. The van der Waals surface area contributed by atoms with Crippen LogP contribution in [0.1, 0.15) is 34.7 Å². The Morgan fingerprint density at radius 2 is 1.80 bits per heavy atom. The van der Waals surface area contributed by atoms with E-state index >= 15 is 0 Å². The first-order valence-electron chi connectivity index (χ1n) is 8.19. The van der Waals surface area contributed by atoms with Crippen molar-refractivity contribution in [1.29, 1.82) is 0 Å². The van der Waals surface area contributed by atoms with Gasteiger partial charge < -0.3 is 9.73 Å². The van der Waals surface area contributed by atoms with Crippen molar-refractivity contribution in [2.75, 3.05) is 0 Å². The van der Waals surface area contributed by atoms with E-state index < -0.39 is 0 Å². The Labute approximate surface area is 154 Å². The molecule has 1 aliphatic carbocycles. The molecule has 1 saturated carbocycles. The van der Waals surface area contributed by atoms with Gasteiger partial charge in [0.1, 0.15) is 5.76 Å². The summed E-state index contributed by atoms with van der Waals surface area (Å²) in [5.41, 5.74) is 2.05. The zero-order valence-corrected chi connectivity index (χ0v) is 15.3. The third-order valence-corrected chi connectivity index (χ3v) is 5.06. The lowest BCUT2D eigenvalue weighted by molar-refractivity contribution is 0.0925. The van der Waals surface area contributed by atoms with Crippen LogP contribution in [0.15, 0.2) is 63.5 Å². The first kappa shape index (κ1) is 16.1. The highest BCUT2D eigenvalue weighted by Crippen LogP contribution is 2.46. The fourth-order valence-corrected chi connectivity index (χ4v) is 3.23. The van der Waals surface area contributed by atoms with Crippen molar-refractivity contribution in [3.05, 3.63) is 76.1 Å². The van der Waals surface area contributed by atoms with Crippen LogP contribution in [0.3, 0.4) is 0 Å². The van der Waals surface area contributed by atoms with Gasteiger partial charge in [-0.05, 0) is 49.6 Å². The van der Waals surface area contributed by atoms with Gasteiger partial charge in [-0.1, -0.05) is 46.3 Å². The van der Waals surface area contributed by atoms with Crippen molar-refractivity contribution >= 4 is 21.8 Å². The van der Waals surface area contributed by atoms with E-state index in [4.69, 9.17) is 4.42 Å². The number of rotatable bonds is 4. The van der Waals surface area contributed by atoms with E-state index in [2.05, 4.69) is 26.2 Å². The molecule has 0 bridgehead atoms. The molecule has 1 fully saturated rings. The molecule has 1 aromatic heterocycles. The third kappa shape index (κ3) is 3.12. The second kappa shape index (κ2) is 6.15. The molecule has 3 aromatic rings. The van der Waals surface area contributed by atoms with E-state index in [9.17, 15) is 4.79 Å². The molecule has 0 spiro atoms. The number of aromatic nitrogens is 1. The number of halogens is 1. The molecule has 2 aromatic carbocycles. The number of nitrogens with zero attached hydrogens (tertiary/aromatic N) is 1. The minimum atomic E-state index is -0.282. The summed E-state index contributed by atoms with van der Waals surface area (Å²) >= 11 is 3.44. The zero-order chi connectivity index (χ0) is 17.4. The second-order valence-electron chi connectivity index (χ2n) is 6.33. The number of hydrogen-bond acceptors (Lipinski definition) is 3. The van der Waals surface area contributed by atoms with E-state index in [1.54, 1.807) is 6.92 Å². The smallest absolute Gasteiger partial charge is 0.274 e. The van der Waals surface area contributed by atoms with Crippen molar-refractivity contribution in [3.8, 4) is 11.5 Å². The van der Waals surface area contributed by atoms with Gasteiger partial charge in [0.05, 0.1) is 5.54 Å². The van der Waals surface area contributed by atoms with Crippen molar-refractivity contribution < 1.29 is 9.21 Å². The number of carbonyl (C=O) groups is 1. The van der Waals surface area contributed by atoms with E-state index in [1.165, 1.54) is 0 Å². The van der Waals surface area contributed by atoms with Crippen molar-refractivity contribution in [1.82, 2.24) is 10.3 Å². The lowest BCUT2D eigenvalue weighted by Crippen LogP contribution is -2.35. The predicted molar refractivity (Wildman–Crippen MR) is 99.2 cm³/mol. The Bertz CT molecular complexity index is 913. The monoisotopic (exact) mass is 396 g/mol. The Kier molecular flexibility index (Phi) is 3.96. The highest BCUT2D eigenvalue weighted by Gasteiger charge is 2.46. The summed E-state index contributed by atoms with van der Waals surface area (Å²) in [6.45, 7) is 1.77. The lowest BCUT2D eigenvalue weighted by Gasteiger charge is -2.17. The highest BCUT2D eigenvalue weighted by molar-refractivity contribution is 9.10. The summed E-state index contributed by atoms with van der Waals surface area (Å²) in [7, 11) is 0. The molecule has 25 heavy (non-hydrogen) atoms. The van der Waals surface area contributed by atoms with E-state index in [0.29, 0.717) is 17.3 Å². The zero-order valence-electron chi connectivity index (χ0n) is 13.8. The van der Waals surface area contributed by atoms with Crippen LogP contribution in [-0.4, -0.2) is 10.9 Å². The molecule has 0 unspecified atom stereocenters. The van der Waals surface area contributed by atoms with Gasteiger partial charge >= 0.3 is 0 Å². The average molecular weight is 397 g/mol. The summed E-state index contributed by atoms with van der Waals surface area (Å²) in [4.78, 5) is 17.2. The molecule has 1 N–H and O–H groups in total. The standard InChI is InChI=1S/C20H17BrN2O2/c1-13-17(22-19(25-13)14-5-3-2-4-6-14)18(24)23-20(11-12-20)15-7-9-16(21)10-8-15/h2-10H,11-12H2,1H3,(H,23,24). The van der Waals surface area contributed by atoms with Crippen LogP contribution in [0, 0.1) is 6.92 Å². The minimum absolute atomic E-state index is 0.191. The number of aryl methyl sites for hydroxylation is 1. The Balaban J connectivity index is 1.58. The fraction of sp³-hybridized carbons (Fsp3) is 0.200. The molecule has 5 heteroatoms. The molecule has 1 heterocycles. The topological polar surface area (TPSA) is 55.1 Å². The molecule has 4 rings (SSSR count). The Hall–Kier alpha value is -2.40. The number of nitrogens with one attached hydrogen (secondary N) is 1. The molecular formula is C20H17BrN2O2. The number of hydrogen-bond donors (Lipinski definition) is 1. The Morgan fingerprint density at radius 3 is 2.44 bits per heavy atom. The molecule has 4 nitrogen and oxygen atoms in total. The molecule has 0 atom stereocenters. The van der Waals surface area contributed by atoms with Gasteiger partial charge in [-0.2, -0.15) is 0 Å². The van der Waals surface area contributed by atoms with Crippen molar-refractivity contribution in [2.24, 2.45) is 0 Å². The summed E-state index contributed by atoms with van der Waals surface area (Å²) in [6.07, 6.45) is 1.87. The molecule has 0 aliphatic heterocycles. The SMILES string of the molecule is Cc1oc(-c2ccccc2)nc1C(=O)NC1(c2ccc(Br)cc2)CC1. The van der Waals surface area contributed by atoms with Crippen molar-refractivity contribution in [2.45, 2.75) is 25.3 Å². The van der Waals surface area contributed by atoms with Gasteiger partial charge in [0.2, 0.25) is 5.89 Å². The van der Waals surface area contributed by atoms with E-state index in [-0.39, 0.29) is 11.4 Å². The largest absolute Gasteiger partial charge is 0.441 e. The van der Waals surface area contributed by atoms with E-state index in [0.717, 1.165) is 28.4 Å². The first-order chi connectivity index (χ1) is 12.1. The highest BCUT2D eigenvalue weighted by atomic mass is 79.9. The summed E-state index contributed by atoms with van der Waals surface area (Å²) in [5.74, 6) is 0.809. The summed E-state index contributed by atoms with van der Waals surface area (Å²) in [5, 5.41) is 3.15. The molecular weight excluding hydrogens is 380 g/mol. The number of carbonyl (C=O) groups excluding carboxylic acids is 1. The lowest BCUT2D eigenvalue weighted by atomic mass is 10.0. The second-order valence-corrected chi connectivity index (χ2v) is 7.25. The third-order valence-electron chi connectivity index (χ3n) is 4.53. The molecule has 126 valence electrons. The Morgan fingerprint density at radius 1 is 1.12 bits per heavy atom. The van der Waals surface area contributed by atoms with Crippen LogP contribution in [0.2, 0.25) is 0 Å².